The summed E-state index contributed by atoms with van der Waals surface area (Å²) < 4.78 is 18.0. The first kappa shape index (κ1) is 87.2. The highest BCUT2D eigenvalue weighted by Crippen LogP contribution is 2.32. The van der Waals surface area contributed by atoms with E-state index in [0.29, 0.717) is 75.0 Å². The van der Waals surface area contributed by atoms with Crippen molar-refractivity contribution >= 4 is 82.1 Å². The maximum Gasteiger partial charge on any atom is 0.414 e. The number of aliphatic hydroxyl groups is 1. The number of methoxy groups -OCH3 is 2. The van der Waals surface area contributed by atoms with Crippen molar-refractivity contribution in [2.75, 3.05) is 71.8 Å². The Labute approximate surface area is 635 Å². The molecule has 12 unspecified atom stereocenters. The van der Waals surface area contributed by atoms with E-state index in [0.717, 1.165) is 27.5 Å². The van der Waals surface area contributed by atoms with E-state index in [1.165, 1.54) is 28.4 Å². The number of hydrogen-bond acceptors (Lipinski definition) is 18. The summed E-state index contributed by atoms with van der Waals surface area (Å²) >= 11 is 1.52. The fourth-order valence-corrected chi connectivity index (χ4v) is 14.7. The summed E-state index contributed by atoms with van der Waals surface area (Å²) in [6.45, 7) is 18.6. The van der Waals surface area contributed by atoms with Crippen molar-refractivity contribution < 1.29 is 67.3 Å². The molecular weight excluding hydrogens is 1390 g/mol. The van der Waals surface area contributed by atoms with E-state index in [2.05, 4.69) is 49.0 Å². The van der Waals surface area contributed by atoms with Gasteiger partial charge >= 0.3 is 12.1 Å². The lowest BCUT2D eigenvalue weighted by atomic mass is 9.89. The van der Waals surface area contributed by atoms with Crippen molar-refractivity contribution in [2.45, 2.75) is 207 Å². The Morgan fingerprint density at radius 2 is 1.41 bits per heavy atom. The highest BCUT2D eigenvalue weighted by molar-refractivity contribution is 7.09. The summed E-state index contributed by atoms with van der Waals surface area (Å²) in [5.41, 5.74) is 8.90. The summed E-state index contributed by atoms with van der Waals surface area (Å²) in [5.74, 6) is -4.25. The average molecular weight is 1500 g/mol. The number of likely N-dealkylation sites (tertiary alicyclic amines) is 1. The first-order chi connectivity index (χ1) is 51.0. The Balaban J connectivity index is 0.988. The predicted molar refractivity (Wildman–Crippen MR) is 412 cm³/mol. The number of aromatic nitrogens is 1. The van der Waals surface area contributed by atoms with E-state index in [9.17, 15) is 53.1 Å². The molecule has 0 saturated carbocycles. The van der Waals surface area contributed by atoms with Crippen LogP contribution in [0.1, 0.15) is 154 Å². The van der Waals surface area contributed by atoms with Gasteiger partial charge in [0.25, 0.3) is 11.8 Å². The zero-order chi connectivity index (χ0) is 78.6. The van der Waals surface area contributed by atoms with Crippen LogP contribution in [-0.4, -0.2) is 205 Å². The van der Waals surface area contributed by atoms with Crippen LogP contribution in [0.5, 0.6) is 0 Å². The second-order valence-electron chi connectivity index (χ2n) is 29.3. The molecule has 11 amide bonds. The number of primary amides is 1. The van der Waals surface area contributed by atoms with Crippen molar-refractivity contribution in [3.8, 4) is 0 Å². The third-order valence-electron chi connectivity index (χ3n) is 20.4. The number of imide groups is 1. The van der Waals surface area contributed by atoms with Gasteiger partial charge in [0.05, 0.1) is 42.8 Å². The lowest BCUT2D eigenvalue weighted by molar-refractivity contribution is -0.148. The molecule has 1 aromatic heterocycles. The molecule has 28 heteroatoms. The number of ether oxygens (including phenoxy) is 3. The number of likely N-dealkylation sites (N-methyl/N-ethyl adjacent to an activating group) is 2. The van der Waals surface area contributed by atoms with Gasteiger partial charge in [-0.3, -0.25) is 58.4 Å². The van der Waals surface area contributed by atoms with Gasteiger partial charge in [-0.15, -0.1) is 11.3 Å². The van der Waals surface area contributed by atoms with Gasteiger partial charge in [-0.1, -0.05) is 130 Å². The van der Waals surface area contributed by atoms with E-state index in [4.69, 9.17) is 19.9 Å². The largest absolute Gasteiger partial charge is 0.444 e. The van der Waals surface area contributed by atoms with Gasteiger partial charge in [0.1, 0.15) is 36.0 Å². The van der Waals surface area contributed by atoms with Crippen molar-refractivity contribution in [3.05, 3.63) is 124 Å². The van der Waals surface area contributed by atoms with Gasteiger partial charge in [-0.2, -0.15) is 0 Å². The van der Waals surface area contributed by atoms with Gasteiger partial charge in [-0.25, -0.2) is 14.6 Å². The fraction of sp³-hybridized carbons (Fsp3) is 0.582. The second kappa shape index (κ2) is 43.4. The van der Waals surface area contributed by atoms with Crippen LogP contribution in [0.15, 0.2) is 103 Å². The van der Waals surface area contributed by atoms with Crippen LogP contribution in [-0.2, 0) is 72.0 Å². The van der Waals surface area contributed by atoms with Crippen LogP contribution in [0.3, 0.4) is 0 Å². The summed E-state index contributed by atoms with van der Waals surface area (Å²) in [7, 11) is 8.40. The number of rotatable bonds is 44. The second-order valence-corrected chi connectivity index (χ2v) is 30.2. The molecule has 2 aliphatic rings. The van der Waals surface area contributed by atoms with E-state index in [1.54, 1.807) is 77.5 Å². The standard InChI is InChI=1S/C79H117N13O14S/c1-15-52(8)70(62(104-13)47-66(96)91-43-23-27-61(91)71(105-14)53(9)72(97)85-60(76-81-41-45-107-76)46-55-24-18-16-19-25-55)90(12)77(101)68(50(4)5)87-75(100)69(51(6)7)88(10)44-39-54-31-35-58(36-32-54)89(11)79(103)106-48-56-29-33-57(34-30-56)83-73(98)59(26-22-40-82-78(80)102)84-74(99)67(49(2)3)86-63(93)28-20-17-21-42-92-64(94)37-38-65(92)95/h16,18-19,24-25,29-38,41,45,49-53,59-62,67-72,85,97H,15,17,20-23,26-28,39-40,42-44,46-48H2,1-14H3,(H,83,98)(H,84,99)(H,86,93)(H,87,100)(H3,80,82,102). The van der Waals surface area contributed by atoms with Crippen LogP contribution in [0.2, 0.25) is 0 Å². The van der Waals surface area contributed by atoms with Crippen LogP contribution in [0.25, 0.3) is 0 Å². The molecule has 6 rings (SSSR count). The zero-order valence-corrected chi connectivity index (χ0v) is 65.7. The highest BCUT2D eigenvalue weighted by Gasteiger charge is 2.44. The normalized spacial score (nSPS) is 16.8. The first-order valence-electron chi connectivity index (χ1n) is 37.5. The molecule has 1 fully saturated rings. The van der Waals surface area contributed by atoms with Gasteiger partial charge in [0.2, 0.25) is 35.4 Å². The molecule has 0 aliphatic carbocycles. The molecule has 4 aromatic rings. The number of unbranched alkanes of at least 4 members (excludes halogenated alkanes) is 2. The number of carbonyl (C=O) groups is 10. The third-order valence-corrected chi connectivity index (χ3v) is 21.3. The van der Waals surface area contributed by atoms with E-state index in [1.807, 2.05) is 113 Å². The zero-order valence-electron chi connectivity index (χ0n) is 64.9. The van der Waals surface area contributed by atoms with E-state index in [-0.39, 0.29) is 117 Å². The number of hydrogen-bond donors (Lipinski definition) is 8. The van der Waals surface area contributed by atoms with Crippen molar-refractivity contribution in [1.82, 2.24) is 51.2 Å². The number of nitrogens with zero attached hydrogens (tertiary/aromatic N) is 6. The molecule has 3 heterocycles. The number of carbonyl (C=O) groups excluding carboxylic acids is 10. The van der Waals surface area contributed by atoms with E-state index >= 15 is 0 Å². The van der Waals surface area contributed by atoms with Gasteiger partial charge < -0.3 is 61.4 Å². The average Bonchev–Trinajstić information content (AvgIpc) is 1.68. The molecule has 0 bridgehead atoms. The SMILES string of the molecule is CCC(C)C(C(CC(=O)N1CCCC1C(OC)C(C)C(O)NC(Cc1ccccc1)c1nccs1)OC)N(C)C(=O)C(NC(=O)C(C(C)C)N(C)CCc1ccc(N(C)C(=O)OCc2ccc(NC(=O)C(CCCNC(N)=O)NC(=O)C(NC(=O)CCCCCN3C(=O)C=CC3=O)C(C)C)cc2)cc1)C(C)C. The number of amides is 11. The predicted octanol–water partition coefficient (Wildman–Crippen LogP) is 7.87. The Morgan fingerprint density at radius 3 is 2.01 bits per heavy atom. The molecule has 3 aromatic carbocycles. The minimum Gasteiger partial charge on any atom is -0.444 e. The van der Waals surface area contributed by atoms with Gasteiger partial charge in [0, 0.05) is 102 Å². The third kappa shape index (κ3) is 26.0. The summed E-state index contributed by atoms with van der Waals surface area (Å²) in [6.07, 6.45) is 6.76. The lowest BCUT2D eigenvalue weighted by Gasteiger charge is -2.41. The maximum atomic E-state index is 14.9. The summed E-state index contributed by atoms with van der Waals surface area (Å²) in [4.78, 5) is 146. The quantitative estimate of drug-likeness (QED) is 0.0119. The Morgan fingerprint density at radius 1 is 0.748 bits per heavy atom. The molecule has 27 nitrogen and oxygen atoms in total. The molecule has 2 aliphatic heterocycles. The Kier molecular flexibility index (Phi) is 35.4. The topological polar surface area (TPSA) is 346 Å². The summed E-state index contributed by atoms with van der Waals surface area (Å²) in [5, 5.41) is 32.0. The number of anilines is 2. The Hall–Kier alpha value is -8.67. The van der Waals surface area contributed by atoms with E-state index < -0.39 is 78.5 Å². The first-order valence-corrected chi connectivity index (χ1v) is 38.4. The summed E-state index contributed by atoms with van der Waals surface area (Å²) in [6, 6.07) is 18.7. The van der Waals surface area contributed by atoms with Crippen molar-refractivity contribution in [3.63, 3.8) is 0 Å². The molecule has 1 saturated heterocycles. The molecule has 12 atom stereocenters. The van der Waals surface area contributed by atoms with Crippen LogP contribution in [0, 0.1) is 29.6 Å². The van der Waals surface area contributed by atoms with Gasteiger partial charge in [-0.05, 0) is 123 Å². The number of aliphatic hydroxyl groups excluding tert-OH is 1. The van der Waals surface area contributed by atoms with Crippen LogP contribution < -0.4 is 42.5 Å². The number of nitrogens with two attached hydrogens (primary N) is 1. The van der Waals surface area contributed by atoms with Crippen LogP contribution in [0.4, 0.5) is 21.0 Å². The highest BCUT2D eigenvalue weighted by atomic mass is 32.1. The number of thiazole rings is 1. The minimum absolute atomic E-state index is 0.00385. The maximum absolute atomic E-state index is 14.9. The molecule has 9 N–H and O–H groups in total. The number of urea groups is 1. The smallest absolute Gasteiger partial charge is 0.414 e. The molecule has 0 spiro atoms. The fourth-order valence-electron chi connectivity index (χ4n) is 14.0. The Bertz CT molecular complexity index is 3530. The number of benzene rings is 3. The van der Waals surface area contributed by atoms with Crippen LogP contribution >= 0.6 is 11.3 Å². The van der Waals surface area contributed by atoms with Crippen molar-refractivity contribution in [1.29, 1.82) is 0 Å². The minimum atomic E-state index is -1.08. The van der Waals surface area contributed by atoms with Crippen molar-refractivity contribution in [2.24, 2.45) is 35.3 Å². The number of nitrogens with one attached hydrogen (secondary N) is 6. The van der Waals surface area contributed by atoms with Gasteiger partial charge in [0.15, 0.2) is 0 Å². The lowest BCUT2D eigenvalue weighted by Crippen LogP contribution is -2.60. The molecular formula is C79H117N13O14S. The molecule has 0 radical (unpaired) electrons. The molecule has 107 heavy (non-hydrogen) atoms. The monoisotopic (exact) mass is 1500 g/mol. The molecule has 588 valence electrons.